The summed E-state index contributed by atoms with van der Waals surface area (Å²) >= 11 is 1.51. The van der Waals surface area contributed by atoms with Crippen molar-refractivity contribution >= 4 is 33.4 Å². The minimum Gasteiger partial charge on any atom is -0.481 e. The van der Waals surface area contributed by atoms with Gasteiger partial charge in [0.2, 0.25) is 0 Å². The number of amides is 1. The number of aromatic nitrogens is 1. The van der Waals surface area contributed by atoms with E-state index in [1.807, 2.05) is 24.3 Å². The van der Waals surface area contributed by atoms with Crippen LogP contribution >= 0.6 is 11.3 Å². The average molecular weight is 370 g/mol. The Kier molecular flexibility index (Phi) is 4.24. The Morgan fingerprint density at radius 1 is 1.27 bits per heavy atom. The van der Waals surface area contributed by atoms with Crippen molar-refractivity contribution in [2.24, 2.45) is 5.92 Å². The van der Waals surface area contributed by atoms with Crippen molar-refractivity contribution < 1.29 is 19.1 Å². The highest BCUT2D eigenvalue weighted by molar-refractivity contribution is 7.21. The van der Waals surface area contributed by atoms with Crippen molar-refractivity contribution in [2.45, 2.75) is 25.8 Å². The zero-order chi connectivity index (χ0) is 18.3. The van der Waals surface area contributed by atoms with Gasteiger partial charge in [0.15, 0.2) is 16.5 Å². The van der Waals surface area contributed by atoms with E-state index in [4.69, 9.17) is 4.42 Å². The number of hydrogen-bond acceptors (Lipinski definition) is 5. The zero-order valence-corrected chi connectivity index (χ0v) is 15.0. The van der Waals surface area contributed by atoms with Gasteiger partial charge < -0.3 is 14.4 Å². The Bertz CT molecular complexity index is 944. The van der Waals surface area contributed by atoms with E-state index in [0.29, 0.717) is 25.1 Å². The smallest absolute Gasteiger partial charge is 0.308 e. The molecule has 1 saturated heterocycles. The first kappa shape index (κ1) is 16.8. The summed E-state index contributed by atoms with van der Waals surface area (Å²) in [6.07, 6.45) is 1.27. The Balaban J connectivity index is 1.59. The lowest BCUT2D eigenvalue weighted by Crippen LogP contribution is -2.49. The lowest BCUT2D eigenvalue weighted by atomic mass is 9.90. The molecule has 7 heteroatoms. The molecule has 1 N–H and O–H groups in total. The van der Waals surface area contributed by atoms with Gasteiger partial charge in [-0.3, -0.25) is 9.59 Å². The number of rotatable bonds is 3. The number of carboxylic acid groups (broad SMARTS) is 1. The van der Waals surface area contributed by atoms with E-state index in [-0.39, 0.29) is 17.7 Å². The number of thiazole rings is 1. The number of likely N-dealkylation sites (tertiary alicyclic amines) is 1. The van der Waals surface area contributed by atoms with E-state index >= 15 is 0 Å². The number of carbonyl (C=O) groups is 2. The molecule has 3 heterocycles. The second-order valence-corrected chi connectivity index (χ2v) is 7.51. The molecule has 1 fully saturated rings. The molecule has 4 rings (SSSR count). The van der Waals surface area contributed by atoms with Crippen LogP contribution in [0.25, 0.3) is 21.0 Å². The number of fused-ring (bicyclic) bond motifs is 1. The third kappa shape index (κ3) is 2.88. The van der Waals surface area contributed by atoms with Crippen LogP contribution < -0.4 is 0 Å². The minimum atomic E-state index is -0.857. The van der Waals surface area contributed by atoms with Gasteiger partial charge in [0, 0.05) is 12.6 Å². The fraction of sp³-hybridized carbons (Fsp3) is 0.316. The Morgan fingerprint density at radius 3 is 2.85 bits per heavy atom. The number of para-hydroxylation sites is 1. The fourth-order valence-electron chi connectivity index (χ4n) is 3.45. The molecule has 1 aromatic carbocycles. The summed E-state index contributed by atoms with van der Waals surface area (Å²) in [5, 5.41) is 10.1. The molecule has 6 nitrogen and oxygen atoms in total. The minimum absolute atomic E-state index is 0.220. The highest BCUT2D eigenvalue weighted by atomic mass is 32.1. The number of hydrogen-bond donors (Lipinski definition) is 1. The van der Waals surface area contributed by atoms with Gasteiger partial charge in [-0.25, -0.2) is 4.98 Å². The summed E-state index contributed by atoms with van der Waals surface area (Å²) in [6, 6.07) is 10.8. The number of piperidine rings is 1. The first-order valence-corrected chi connectivity index (χ1v) is 9.36. The molecule has 1 aliphatic heterocycles. The molecule has 0 unspecified atom stereocenters. The molecule has 26 heavy (non-hydrogen) atoms. The zero-order valence-electron chi connectivity index (χ0n) is 14.2. The van der Waals surface area contributed by atoms with Crippen LogP contribution in [0.3, 0.4) is 0 Å². The molecule has 0 saturated carbocycles. The Morgan fingerprint density at radius 2 is 2.08 bits per heavy atom. The predicted octanol–water partition coefficient (Wildman–Crippen LogP) is 3.88. The molecular formula is C19H18N2O4S. The van der Waals surface area contributed by atoms with Crippen LogP contribution in [0, 0.1) is 5.92 Å². The van der Waals surface area contributed by atoms with Gasteiger partial charge in [-0.05, 0) is 44.0 Å². The average Bonchev–Trinajstić information content (AvgIpc) is 3.27. The number of furan rings is 1. The third-order valence-corrected chi connectivity index (χ3v) is 5.94. The maximum atomic E-state index is 12.8. The van der Waals surface area contributed by atoms with E-state index in [9.17, 15) is 14.7 Å². The van der Waals surface area contributed by atoms with Gasteiger partial charge in [0.1, 0.15) is 0 Å². The monoisotopic (exact) mass is 370 g/mol. The molecule has 1 amide bonds. The lowest BCUT2D eigenvalue weighted by molar-refractivity contribution is -0.145. The Labute approximate surface area is 154 Å². The van der Waals surface area contributed by atoms with Crippen LogP contribution in [0.5, 0.6) is 0 Å². The van der Waals surface area contributed by atoms with Gasteiger partial charge in [0.05, 0.1) is 16.1 Å². The van der Waals surface area contributed by atoms with Crippen molar-refractivity contribution in [1.29, 1.82) is 0 Å². The van der Waals surface area contributed by atoms with E-state index in [1.54, 1.807) is 24.0 Å². The second kappa shape index (κ2) is 6.57. The topological polar surface area (TPSA) is 83.6 Å². The summed E-state index contributed by atoms with van der Waals surface area (Å²) in [5.74, 6) is -0.891. The van der Waals surface area contributed by atoms with Gasteiger partial charge in [-0.1, -0.05) is 12.1 Å². The summed E-state index contributed by atoms with van der Waals surface area (Å²) in [5.41, 5.74) is 0.894. The van der Waals surface area contributed by atoms with Gasteiger partial charge in [0.25, 0.3) is 5.91 Å². The predicted molar refractivity (Wildman–Crippen MR) is 98.2 cm³/mol. The van der Waals surface area contributed by atoms with Crippen LogP contribution in [-0.2, 0) is 4.79 Å². The fourth-order valence-corrected chi connectivity index (χ4v) is 4.37. The van der Waals surface area contributed by atoms with Gasteiger partial charge >= 0.3 is 5.97 Å². The molecule has 134 valence electrons. The molecule has 2 atom stereocenters. The SMILES string of the molecule is C[C@@H]1[C@H](C(=O)O)CCCN1C(=O)c1ccc(-c2nc3ccccc3s2)o1. The highest BCUT2D eigenvalue weighted by Gasteiger charge is 2.36. The molecular weight excluding hydrogens is 352 g/mol. The maximum Gasteiger partial charge on any atom is 0.308 e. The van der Waals surface area contributed by atoms with Crippen LogP contribution in [0.4, 0.5) is 0 Å². The third-order valence-electron chi connectivity index (χ3n) is 4.89. The van der Waals surface area contributed by atoms with Gasteiger partial charge in [-0.2, -0.15) is 0 Å². The van der Waals surface area contributed by atoms with Crippen molar-refractivity contribution in [3.8, 4) is 10.8 Å². The second-order valence-electron chi connectivity index (χ2n) is 6.48. The summed E-state index contributed by atoms with van der Waals surface area (Å²) in [4.78, 5) is 30.3. The quantitative estimate of drug-likeness (QED) is 0.756. The number of benzene rings is 1. The number of nitrogens with zero attached hydrogens (tertiary/aromatic N) is 2. The van der Waals surface area contributed by atoms with E-state index < -0.39 is 11.9 Å². The number of carbonyl (C=O) groups excluding carboxylic acids is 1. The van der Waals surface area contributed by atoms with Crippen molar-refractivity contribution in [2.75, 3.05) is 6.54 Å². The van der Waals surface area contributed by atoms with Crippen molar-refractivity contribution in [1.82, 2.24) is 9.88 Å². The first-order valence-electron chi connectivity index (χ1n) is 8.54. The molecule has 0 spiro atoms. The van der Waals surface area contributed by atoms with E-state index in [0.717, 1.165) is 15.2 Å². The van der Waals surface area contributed by atoms with Crippen LogP contribution in [0.15, 0.2) is 40.8 Å². The van der Waals surface area contributed by atoms with Crippen LogP contribution in [0.2, 0.25) is 0 Å². The first-order chi connectivity index (χ1) is 12.5. The normalized spacial score (nSPS) is 20.4. The van der Waals surface area contributed by atoms with Crippen molar-refractivity contribution in [3.05, 3.63) is 42.2 Å². The van der Waals surface area contributed by atoms with Gasteiger partial charge in [-0.15, -0.1) is 11.3 Å². The highest BCUT2D eigenvalue weighted by Crippen LogP contribution is 2.32. The largest absolute Gasteiger partial charge is 0.481 e. The van der Waals surface area contributed by atoms with Crippen LogP contribution in [0.1, 0.15) is 30.3 Å². The molecule has 0 bridgehead atoms. The molecule has 2 aromatic heterocycles. The van der Waals surface area contributed by atoms with E-state index in [2.05, 4.69) is 4.98 Å². The maximum absolute atomic E-state index is 12.8. The summed E-state index contributed by atoms with van der Waals surface area (Å²) in [7, 11) is 0. The Hall–Kier alpha value is -2.67. The van der Waals surface area contributed by atoms with Crippen LogP contribution in [-0.4, -0.2) is 39.5 Å². The van der Waals surface area contributed by atoms with Crippen molar-refractivity contribution in [3.63, 3.8) is 0 Å². The standard InChI is InChI=1S/C19H18N2O4S/c1-11-12(19(23)24)5-4-10-21(11)18(22)15-9-8-14(25-15)17-20-13-6-2-3-7-16(13)26-17/h2-3,6-9,11-12H,4-5,10H2,1H3,(H,23,24)/t11-,12-/m1/s1. The molecule has 0 radical (unpaired) electrons. The van der Waals surface area contributed by atoms with E-state index in [1.165, 1.54) is 11.3 Å². The molecule has 3 aromatic rings. The molecule has 1 aliphatic rings. The lowest BCUT2D eigenvalue weighted by Gasteiger charge is -2.36. The number of carboxylic acids is 1. The number of aliphatic carboxylic acids is 1. The summed E-state index contributed by atoms with van der Waals surface area (Å²) < 4.78 is 6.82. The summed E-state index contributed by atoms with van der Waals surface area (Å²) in [6.45, 7) is 2.33. The molecule has 0 aliphatic carbocycles.